The maximum Gasteiger partial charge on any atom is 0.330 e. The van der Waals surface area contributed by atoms with Crippen molar-refractivity contribution in [1.82, 2.24) is 25.3 Å². The number of methoxy groups -OCH3 is 1. The predicted octanol–water partition coefficient (Wildman–Crippen LogP) is 3.79. The number of H-pyrrole nitrogens is 2. The molecule has 0 spiro atoms. The Morgan fingerprint density at radius 3 is 2.61 bits per heavy atom. The third-order valence-corrected chi connectivity index (χ3v) is 6.46. The first kappa shape index (κ1) is 24.8. The van der Waals surface area contributed by atoms with E-state index < -0.39 is 12.0 Å². The Balaban J connectivity index is 1.41. The number of pyridine rings is 1. The molecule has 3 aromatic heterocycles. The Morgan fingerprint density at radius 1 is 1.08 bits per heavy atom. The number of nitrogen functional groups attached to an aromatic ring is 1. The van der Waals surface area contributed by atoms with Gasteiger partial charge in [0.15, 0.2) is 5.65 Å². The molecule has 10 heteroatoms. The van der Waals surface area contributed by atoms with Gasteiger partial charge in [-0.3, -0.25) is 4.79 Å². The molecule has 3 heterocycles. The summed E-state index contributed by atoms with van der Waals surface area (Å²) in [5, 5.41) is 3.68. The van der Waals surface area contributed by atoms with E-state index in [9.17, 15) is 9.59 Å². The van der Waals surface area contributed by atoms with Gasteiger partial charge in [-0.25, -0.2) is 14.8 Å². The number of carbonyl (C=O) groups excluding carboxylic acids is 2. The zero-order chi connectivity index (χ0) is 26.8. The second-order valence-electron chi connectivity index (χ2n) is 9.02. The van der Waals surface area contributed by atoms with Gasteiger partial charge in [0.25, 0.3) is 5.91 Å². The number of fused-ring (bicyclic) bond motifs is 2. The molecule has 5 aromatic rings. The van der Waals surface area contributed by atoms with Crippen molar-refractivity contribution >= 4 is 45.4 Å². The number of amides is 1. The van der Waals surface area contributed by atoms with Gasteiger partial charge in [-0.2, -0.15) is 0 Å². The van der Waals surface area contributed by atoms with E-state index in [0.717, 1.165) is 33.7 Å². The van der Waals surface area contributed by atoms with Crippen molar-refractivity contribution in [2.75, 3.05) is 30.8 Å². The number of carbonyl (C=O) groups is 2. The first-order chi connectivity index (χ1) is 18.4. The van der Waals surface area contributed by atoms with Gasteiger partial charge in [0, 0.05) is 46.5 Å². The van der Waals surface area contributed by atoms with Gasteiger partial charge < -0.3 is 30.7 Å². The average Bonchev–Trinajstić information content (AvgIpc) is 3.52. The summed E-state index contributed by atoms with van der Waals surface area (Å²) in [6, 6.07) is 17.9. The molecule has 0 bridgehead atoms. The number of ether oxygens (including phenoxy) is 1. The zero-order valence-electron chi connectivity index (χ0n) is 21.4. The second kappa shape index (κ2) is 10.3. The molecule has 5 N–H and O–H groups in total. The van der Waals surface area contributed by atoms with Crippen LogP contribution in [0.2, 0.25) is 0 Å². The van der Waals surface area contributed by atoms with E-state index in [1.807, 2.05) is 61.2 Å². The standard InChI is InChI=1S/C28H29N7O3/c1-4-35(19-8-6-5-7-9-19)15-23(28(37)38-3)33-27(36)17-10-11-21-18(12-17)13-22(32-21)20-14-24(29)34-26-25(20)30-16(2)31-26/h5-14,23,32H,4,15H2,1-3H3,(H,33,36)(H3,29,30,31,34). The molecule has 38 heavy (non-hydrogen) atoms. The van der Waals surface area contributed by atoms with Crippen molar-refractivity contribution in [1.29, 1.82) is 0 Å². The van der Waals surface area contributed by atoms with Crippen molar-refractivity contribution < 1.29 is 14.3 Å². The van der Waals surface area contributed by atoms with Crippen LogP contribution >= 0.6 is 0 Å². The highest BCUT2D eigenvalue weighted by molar-refractivity contribution is 6.01. The number of rotatable bonds is 8. The number of nitrogens with one attached hydrogen (secondary N) is 3. The Kier molecular flexibility index (Phi) is 6.69. The van der Waals surface area contributed by atoms with E-state index in [4.69, 9.17) is 10.5 Å². The maximum absolute atomic E-state index is 13.2. The largest absolute Gasteiger partial charge is 0.467 e. The lowest BCUT2D eigenvalue weighted by molar-refractivity contribution is -0.142. The highest BCUT2D eigenvalue weighted by Crippen LogP contribution is 2.30. The molecule has 194 valence electrons. The topological polar surface area (TPSA) is 142 Å². The van der Waals surface area contributed by atoms with Gasteiger partial charge in [0.2, 0.25) is 0 Å². The average molecular weight is 512 g/mol. The number of hydrogen-bond donors (Lipinski definition) is 4. The van der Waals surface area contributed by atoms with E-state index >= 15 is 0 Å². The van der Waals surface area contributed by atoms with Gasteiger partial charge >= 0.3 is 5.97 Å². The van der Waals surface area contributed by atoms with Crippen LogP contribution < -0.4 is 16.0 Å². The molecule has 2 aromatic carbocycles. The number of imidazole rings is 1. The Bertz CT molecular complexity index is 1620. The van der Waals surface area contributed by atoms with Crippen LogP contribution in [0.25, 0.3) is 33.3 Å². The number of anilines is 2. The first-order valence-electron chi connectivity index (χ1n) is 12.3. The molecule has 1 unspecified atom stereocenters. The lowest BCUT2D eigenvalue weighted by Gasteiger charge is -2.27. The van der Waals surface area contributed by atoms with E-state index in [2.05, 4.69) is 25.3 Å². The number of aromatic amines is 2. The molecule has 1 atom stereocenters. The lowest BCUT2D eigenvalue weighted by Crippen LogP contribution is -2.49. The number of para-hydroxylation sites is 1. The van der Waals surface area contributed by atoms with Gasteiger partial charge in [-0.15, -0.1) is 0 Å². The SMILES string of the molecule is CCN(CC(NC(=O)c1ccc2[nH]c(-c3cc(N)nc4[nH]c(C)nc34)cc2c1)C(=O)OC)c1ccccc1. The first-order valence-corrected chi connectivity index (χ1v) is 12.3. The zero-order valence-corrected chi connectivity index (χ0v) is 21.4. The third kappa shape index (κ3) is 4.88. The maximum atomic E-state index is 13.2. The van der Waals surface area contributed by atoms with E-state index in [0.29, 0.717) is 29.1 Å². The molecule has 10 nitrogen and oxygen atoms in total. The molecule has 0 aliphatic carbocycles. The van der Waals surface area contributed by atoms with Gasteiger partial charge in [0.1, 0.15) is 23.2 Å². The number of aromatic nitrogens is 4. The summed E-state index contributed by atoms with van der Waals surface area (Å²) in [5.74, 6) is 0.239. The number of likely N-dealkylation sites (N-methyl/N-ethyl adjacent to an activating group) is 1. The Labute approximate surface area is 219 Å². The third-order valence-electron chi connectivity index (χ3n) is 6.46. The highest BCUT2D eigenvalue weighted by Gasteiger charge is 2.25. The van der Waals surface area contributed by atoms with Crippen LogP contribution in [0.4, 0.5) is 11.5 Å². The molecule has 0 aliphatic heterocycles. The normalized spacial score (nSPS) is 12.0. The van der Waals surface area contributed by atoms with Gasteiger partial charge in [-0.1, -0.05) is 18.2 Å². The summed E-state index contributed by atoms with van der Waals surface area (Å²) in [6.45, 7) is 4.79. The van der Waals surface area contributed by atoms with E-state index in [1.54, 1.807) is 18.2 Å². The van der Waals surface area contributed by atoms with Crippen LogP contribution in [0.3, 0.4) is 0 Å². The fourth-order valence-electron chi connectivity index (χ4n) is 4.59. The van der Waals surface area contributed by atoms with Crippen molar-refractivity contribution in [3.8, 4) is 11.3 Å². The van der Waals surface area contributed by atoms with Crippen molar-refractivity contribution in [3.63, 3.8) is 0 Å². The molecule has 5 rings (SSSR count). The minimum Gasteiger partial charge on any atom is -0.467 e. The molecule has 0 radical (unpaired) electrons. The Morgan fingerprint density at radius 2 is 1.87 bits per heavy atom. The molecule has 0 fully saturated rings. The van der Waals surface area contributed by atoms with Gasteiger partial charge in [-0.05, 0) is 56.3 Å². The number of hydrogen-bond acceptors (Lipinski definition) is 7. The summed E-state index contributed by atoms with van der Waals surface area (Å²) < 4.78 is 4.99. The minimum atomic E-state index is -0.846. The second-order valence-corrected chi connectivity index (χ2v) is 9.02. The molecule has 1 amide bonds. The lowest BCUT2D eigenvalue weighted by atomic mass is 10.1. The quantitative estimate of drug-likeness (QED) is 0.232. The van der Waals surface area contributed by atoms with Crippen LogP contribution in [-0.4, -0.2) is 58.1 Å². The molecular weight excluding hydrogens is 482 g/mol. The smallest absolute Gasteiger partial charge is 0.330 e. The van der Waals surface area contributed by atoms with E-state index in [-0.39, 0.29) is 12.5 Å². The predicted molar refractivity (Wildman–Crippen MR) is 148 cm³/mol. The molecular formula is C28H29N7O3. The summed E-state index contributed by atoms with van der Waals surface area (Å²) in [6.07, 6.45) is 0. The molecule has 0 aliphatic rings. The van der Waals surface area contributed by atoms with E-state index in [1.165, 1.54) is 7.11 Å². The summed E-state index contributed by atoms with van der Waals surface area (Å²) in [4.78, 5) is 43.2. The fourth-order valence-corrected chi connectivity index (χ4v) is 4.59. The number of esters is 1. The fraction of sp³-hybridized carbons (Fsp3) is 0.214. The monoisotopic (exact) mass is 511 g/mol. The number of benzene rings is 2. The van der Waals surface area contributed by atoms with Crippen LogP contribution in [0, 0.1) is 6.92 Å². The summed E-state index contributed by atoms with van der Waals surface area (Å²) >= 11 is 0. The van der Waals surface area contributed by atoms with Crippen LogP contribution in [-0.2, 0) is 9.53 Å². The highest BCUT2D eigenvalue weighted by atomic mass is 16.5. The minimum absolute atomic E-state index is 0.276. The summed E-state index contributed by atoms with van der Waals surface area (Å²) in [7, 11) is 1.32. The van der Waals surface area contributed by atoms with Crippen molar-refractivity contribution in [2.24, 2.45) is 0 Å². The van der Waals surface area contributed by atoms with Crippen LogP contribution in [0.15, 0.2) is 60.7 Å². The number of nitrogens with zero attached hydrogens (tertiary/aromatic N) is 3. The summed E-state index contributed by atoms with van der Waals surface area (Å²) in [5.41, 5.74) is 11.2. The van der Waals surface area contributed by atoms with Crippen LogP contribution in [0.1, 0.15) is 23.1 Å². The van der Waals surface area contributed by atoms with Gasteiger partial charge in [0.05, 0.1) is 7.11 Å². The number of nitrogens with two attached hydrogens (primary N) is 1. The van der Waals surface area contributed by atoms with Crippen LogP contribution in [0.5, 0.6) is 0 Å². The molecule has 0 saturated carbocycles. The van der Waals surface area contributed by atoms with Crippen molar-refractivity contribution in [3.05, 3.63) is 72.1 Å². The number of aryl methyl sites for hydroxylation is 1. The Hall–Kier alpha value is -4.86. The van der Waals surface area contributed by atoms with Crippen molar-refractivity contribution in [2.45, 2.75) is 19.9 Å². The molecule has 0 saturated heterocycles.